The summed E-state index contributed by atoms with van der Waals surface area (Å²) in [6.07, 6.45) is 2.02. The first-order valence-electron chi connectivity index (χ1n) is 7.54. The van der Waals surface area contributed by atoms with E-state index in [1.165, 1.54) is 0 Å². The highest BCUT2D eigenvalue weighted by Crippen LogP contribution is 2.30. The van der Waals surface area contributed by atoms with Crippen molar-refractivity contribution in [3.8, 4) is 0 Å². The van der Waals surface area contributed by atoms with Crippen LogP contribution in [0.2, 0.25) is 0 Å². The molecule has 0 aliphatic heterocycles. The highest BCUT2D eigenvalue weighted by molar-refractivity contribution is 14.1. The summed E-state index contributed by atoms with van der Waals surface area (Å²) in [6, 6.07) is -0.0466. The molecule has 0 saturated carbocycles. The van der Waals surface area contributed by atoms with Crippen LogP contribution in [-0.2, 0) is 11.3 Å². The zero-order valence-electron chi connectivity index (χ0n) is 14.1. The molecular weight excluding hydrogens is 489 g/mol. The zero-order chi connectivity index (χ0) is 18.1. The van der Waals surface area contributed by atoms with Gasteiger partial charge < -0.3 is 15.8 Å². The van der Waals surface area contributed by atoms with Gasteiger partial charge in [0.05, 0.1) is 14.5 Å². The molecule has 3 N–H and O–H groups in total. The Kier molecular flexibility index (Phi) is 5.95. The number of aromatic nitrogens is 3. The Morgan fingerprint density at radius 1 is 1.54 bits per heavy atom. The maximum atomic E-state index is 11.8. The fourth-order valence-corrected chi connectivity index (χ4v) is 3.48. The van der Waals surface area contributed by atoms with Crippen LogP contribution in [0.25, 0.3) is 10.9 Å². The van der Waals surface area contributed by atoms with Crippen LogP contribution in [0.1, 0.15) is 34.1 Å². The standard InChI is InChI=1S/C15H21BrIN5O2/c1-8(20-14(23)24-15(2,3)4)5-6-22-11-9(17)7-19-13(18)10(11)12(16)21-22/h7-8H,5-6H2,1-4H3,(H2,18,19)(H,20,23)/t8-/m1/s1. The molecule has 0 saturated heterocycles. The normalized spacial score (nSPS) is 13.1. The minimum absolute atomic E-state index is 0.0466. The van der Waals surface area contributed by atoms with E-state index in [2.05, 4.69) is 53.9 Å². The molecule has 0 bridgehead atoms. The van der Waals surface area contributed by atoms with Crippen molar-refractivity contribution in [3.63, 3.8) is 0 Å². The van der Waals surface area contributed by atoms with Gasteiger partial charge in [-0.25, -0.2) is 9.78 Å². The van der Waals surface area contributed by atoms with Crippen LogP contribution in [0.5, 0.6) is 0 Å². The molecule has 2 heterocycles. The molecule has 0 unspecified atom stereocenters. The molecular formula is C15H21BrIN5O2. The summed E-state index contributed by atoms with van der Waals surface area (Å²) in [6.45, 7) is 8.09. The number of anilines is 1. The summed E-state index contributed by atoms with van der Waals surface area (Å²) in [5, 5.41) is 8.14. The first kappa shape index (κ1) is 19.2. The van der Waals surface area contributed by atoms with Crippen molar-refractivity contribution in [1.29, 1.82) is 0 Å². The molecule has 0 aliphatic carbocycles. The number of carbonyl (C=O) groups is 1. The molecule has 0 fully saturated rings. The second kappa shape index (κ2) is 7.42. The lowest BCUT2D eigenvalue weighted by Gasteiger charge is -2.22. The van der Waals surface area contributed by atoms with Crippen LogP contribution < -0.4 is 11.1 Å². The molecule has 7 nitrogen and oxygen atoms in total. The van der Waals surface area contributed by atoms with Crippen molar-refractivity contribution >= 4 is 61.3 Å². The molecule has 9 heteroatoms. The van der Waals surface area contributed by atoms with Gasteiger partial charge in [-0.1, -0.05) is 0 Å². The Hall–Kier alpha value is -1.10. The average molecular weight is 510 g/mol. The van der Waals surface area contributed by atoms with E-state index in [0.29, 0.717) is 23.4 Å². The van der Waals surface area contributed by atoms with Crippen molar-refractivity contribution < 1.29 is 9.53 Å². The highest BCUT2D eigenvalue weighted by atomic mass is 127. The van der Waals surface area contributed by atoms with Crippen molar-refractivity contribution in [2.24, 2.45) is 0 Å². The quantitative estimate of drug-likeness (QED) is 0.613. The van der Waals surface area contributed by atoms with Crippen molar-refractivity contribution in [1.82, 2.24) is 20.1 Å². The number of aryl methyl sites for hydroxylation is 1. The maximum absolute atomic E-state index is 11.8. The van der Waals surface area contributed by atoms with Gasteiger partial charge in [0.15, 0.2) is 0 Å². The molecule has 2 aromatic heterocycles. The maximum Gasteiger partial charge on any atom is 0.407 e. The molecule has 0 aromatic carbocycles. The Labute approximate surface area is 163 Å². The van der Waals surface area contributed by atoms with E-state index < -0.39 is 11.7 Å². The summed E-state index contributed by atoms with van der Waals surface area (Å²) in [4.78, 5) is 16.0. The van der Waals surface area contributed by atoms with Crippen molar-refractivity contribution in [2.75, 3.05) is 5.73 Å². The third kappa shape index (κ3) is 4.71. The average Bonchev–Trinajstić information content (AvgIpc) is 2.76. The number of fused-ring (bicyclic) bond motifs is 1. The van der Waals surface area contributed by atoms with Gasteiger partial charge >= 0.3 is 6.09 Å². The van der Waals surface area contributed by atoms with Crippen molar-refractivity contribution in [3.05, 3.63) is 14.4 Å². The number of pyridine rings is 1. The lowest BCUT2D eigenvalue weighted by molar-refractivity contribution is 0.0505. The summed E-state index contributed by atoms with van der Waals surface area (Å²) in [5.41, 5.74) is 6.39. The lowest BCUT2D eigenvalue weighted by Crippen LogP contribution is -2.38. The van der Waals surface area contributed by atoms with E-state index in [-0.39, 0.29) is 6.04 Å². The van der Waals surface area contributed by atoms with Crippen LogP contribution in [0.3, 0.4) is 0 Å². The zero-order valence-corrected chi connectivity index (χ0v) is 17.8. The smallest absolute Gasteiger partial charge is 0.407 e. The number of rotatable bonds is 4. The third-order valence-electron chi connectivity index (χ3n) is 3.25. The molecule has 2 aromatic rings. The van der Waals surface area contributed by atoms with Crippen LogP contribution >= 0.6 is 38.5 Å². The minimum Gasteiger partial charge on any atom is -0.444 e. The van der Waals surface area contributed by atoms with Crippen LogP contribution in [-0.4, -0.2) is 32.5 Å². The van der Waals surface area contributed by atoms with Crippen LogP contribution in [0.15, 0.2) is 10.8 Å². The Morgan fingerprint density at radius 3 is 2.83 bits per heavy atom. The van der Waals surface area contributed by atoms with Crippen molar-refractivity contribution in [2.45, 2.75) is 52.3 Å². The number of nitrogen functional groups attached to an aromatic ring is 1. The monoisotopic (exact) mass is 509 g/mol. The molecule has 2 rings (SSSR count). The summed E-state index contributed by atoms with van der Waals surface area (Å²) < 4.78 is 8.79. The number of hydrogen-bond donors (Lipinski definition) is 2. The molecule has 1 atom stereocenters. The number of alkyl carbamates (subject to hydrolysis) is 1. The number of hydrogen-bond acceptors (Lipinski definition) is 5. The second-order valence-corrected chi connectivity index (χ2v) is 8.48. The number of carbonyl (C=O) groups excluding carboxylic acids is 1. The fraction of sp³-hybridized carbons (Fsp3) is 0.533. The number of nitrogens with one attached hydrogen (secondary N) is 1. The molecule has 24 heavy (non-hydrogen) atoms. The molecule has 132 valence electrons. The summed E-state index contributed by atoms with van der Waals surface area (Å²) >= 11 is 5.65. The van der Waals surface area contributed by atoms with Gasteiger partial charge in [-0.15, -0.1) is 0 Å². The van der Waals surface area contributed by atoms with E-state index in [9.17, 15) is 4.79 Å². The second-order valence-electron chi connectivity index (χ2n) is 6.56. The first-order valence-corrected chi connectivity index (χ1v) is 9.41. The van der Waals surface area contributed by atoms with Gasteiger partial charge in [0.1, 0.15) is 16.0 Å². The van der Waals surface area contributed by atoms with Gasteiger partial charge in [0.25, 0.3) is 0 Å². The first-order chi connectivity index (χ1) is 11.1. The summed E-state index contributed by atoms with van der Waals surface area (Å²) in [5.74, 6) is 0.448. The van der Waals surface area contributed by atoms with E-state index in [1.54, 1.807) is 6.20 Å². The lowest BCUT2D eigenvalue weighted by atomic mass is 10.2. The number of halogens is 2. The largest absolute Gasteiger partial charge is 0.444 e. The highest BCUT2D eigenvalue weighted by Gasteiger charge is 2.19. The SMILES string of the molecule is C[C@H](CCn1nc(Br)c2c(N)ncc(I)c21)NC(=O)OC(C)(C)C. The predicted molar refractivity (Wildman–Crippen MR) is 106 cm³/mol. The van der Waals surface area contributed by atoms with Gasteiger partial charge in [-0.3, -0.25) is 4.68 Å². The predicted octanol–water partition coefficient (Wildman–Crippen LogP) is 3.68. The number of nitrogens with zero attached hydrogens (tertiary/aromatic N) is 3. The number of ether oxygens (including phenoxy) is 1. The molecule has 1 amide bonds. The Bertz CT molecular complexity index is 756. The topological polar surface area (TPSA) is 95.1 Å². The molecule has 0 radical (unpaired) electrons. The van der Waals surface area contributed by atoms with E-state index in [4.69, 9.17) is 10.5 Å². The van der Waals surface area contributed by atoms with E-state index >= 15 is 0 Å². The Morgan fingerprint density at radius 2 is 2.21 bits per heavy atom. The fourth-order valence-electron chi connectivity index (χ4n) is 2.21. The molecule has 0 spiro atoms. The van der Waals surface area contributed by atoms with Gasteiger partial charge in [0.2, 0.25) is 0 Å². The van der Waals surface area contributed by atoms with Crippen LogP contribution in [0.4, 0.5) is 10.6 Å². The van der Waals surface area contributed by atoms with Gasteiger partial charge in [-0.2, -0.15) is 5.10 Å². The number of amides is 1. The van der Waals surface area contributed by atoms with Crippen LogP contribution in [0, 0.1) is 3.57 Å². The molecule has 0 aliphatic rings. The third-order valence-corrected chi connectivity index (χ3v) is 4.59. The summed E-state index contributed by atoms with van der Waals surface area (Å²) in [7, 11) is 0. The minimum atomic E-state index is -0.506. The number of nitrogens with two attached hydrogens (primary N) is 1. The van der Waals surface area contributed by atoms with Gasteiger partial charge in [-0.05, 0) is 72.6 Å². The van der Waals surface area contributed by atoms with E-state index in [1.807, 2.05) is 32.4 Å². The van der Waals surface area contributed by atoms with Gasteiger partial charge in [0, 0.05) is 18.8 Å². The van der Waals surface area contributed by atoms with E-state index in [0.717, 1.165) is 14.5 Å². The Balaban J connectivity index is 2.06.